The smallest absolute Gasteiger partial charge is 0.258 e. The van der Waals surface area contributed by atoms with Crippen LogP contribution >= 0.6 is 23.2 Å². The largest absolute Gasteiger partial charge is 0.484 e. The van der Waals surface area contributed by atoms with E-state index in [1.165, 1.54) is 12.5 Å². The third kappa shape index (κ3) is 6.57. The highest BCUT2D eigenvalue weighted by Crippen LogP contribution is 2.29. The number of rotatable bonds is 9. The maximum absolute atomic E-state index is 12.7. The lowest BCUT2D eigenvalue weighted by atomic mass is 10.0. The van der Waals surface area contributed by atoms with E-state index >= 15 is 0 Å². The molecule has 1 aliphatic carbocycles. The van der Waals surface area contributed by atoms with E-state index in [0.29, 0.717) is 28.1 Å². The molecule has 0 bridgehead atoms. The van der Waals surface area contributed by atoms with Gasteiger partial charge in [-0.25, -0.2) is 0 Å². The number of carbonyl (C=O) groups excluding carboxylic acids is 1. The van der Waals surface area contributed by atoms with Gasteiger partial charge in [0.1, 0.15) is 24.4 Å². The van der Waals surface area contributed by atoms with E-state index in [0.717, 1.165) is 44.3 Å². The Morgan fingerprint density at radius 2 is 2.03 bits per heavy atom. The maximum atomic E-state index is 12.7. The fourth-order valence-corrected chi connectivity index (χ4v) is 4.34. The molecule has 2 N–H and O–H groups in total. The SMILES string of the molecule is O=C(COc1ccc(Cl)c(Cl)c1)N[C@H](CN1CCCC1)[C@@H](O)C1=COC=C(C2=CC=CCC2)O1. The number of allylic oxidation sites excluding steroid dienone is 4. The van der Waals surface area contributed by atoms with Gasteiger partial charge in [-0.1, -0.05) is 41.4 Å². The number of amides is 1. The maximum Gasteiger partial charge on any atom is 0.258 e. The summed E-state index contributed by atoms with van der Waals surface area (Å²) >= 11 is 11.9. The minimum atomic E-state index is -1.10. The predicted molar refractivity (Wildman–Crippen MR) is 130 cm³/mol. The number of aliphatic hydroxyl groups excluding tert-OH is 1. The number of ether oxygens (including phenoxy) is 3. The lowest BCUT2D eigenvalue weighted by Gasteiger charge is -2.30. The Bertz CT molecular complexity index is 1010. The fraction of sp³-hybridized carbons (Fsp3) is 0.400. The summed E-state index contributed by atoms with van der Waals surface area (Å²) < 4.78 is 17.0. The van der Waals surface area contributed by atoms with Gasteiger partial charge in [-0.2, -0.15) is 0 Å². The third-order valence-electron chi connectivity index (χ3n) is 5.85. The molecule has 3 aliphatic rings. The zero-order valence-electron chi connectivity index (χ0n) is 18.7. The van der Waals surface area contributed by atoms with Gasteiger partial charge in [-0.15, -0.1) is 0 Å². The number of hydrogen-bond acceptors (Lipinski definition) is 6. The van der Waals surface area contributed by atoms with Gasteiger partial charge in [-0.05, 0) is 56.5 Å². The van der Waals surface area contributed by atoms with Crippen molar-refractivity contribution in [3.63, 3.8) is 0 Å². The van der Waals surface area contributed by atoms with Crippen molar-refractivity contribution in [2.75, 3.05) is 26.2 Å². The molecule has 7 nitrogen and oxygen atoms in total. The standard InChI is InChI=1S/C25H28Cl2N2O5/c26-19-9-8-18(12-20(19)27)33-16-24(30)28-21(13-29-10-4-5-11-29)25(31)23-15-32-14-22(34-23)17-6-2-1-3-7-17/h1-2,6,8-9,12,14-15,21,25,31H,3-5,7,10-11,13,16H2,(H,28,30)/t21-,25-/m1/s1. The van der Waals surface area contributed by atoms with E-state index in [1.807, 2.05) is 12.2 Å². The van der Waals surface area contributed by atoms with Crippen molar-refractivity contribution in [3.8, 4) is 5.75 Å². The molecule has 1 aromatic rings. The number of carbonyl (C=O) groups is 1. The molecule has 1 amide bonds. The number of hydrogen-bond donors (Lipinski definition) is 2. The van der Waals surface area contributed by atoms with Crippen LogP contribution in [-0.4, -0.2) is 54.3 Å². The minimum absolute atomic E-state index is 0.234. The van der Waals surface area contributed by atoms with Gasteiger partial charge in [0.2, 0.25) is 0 Å². The van der Waals surface area contributed by atoms with Gasteiger partial charge >= 0.3 is 0 Å². The van der Waals surface area contributed by atoms with E-state index in [1.54, 1.807) is 18.2 Å². The quantitative estimate of drug-likeness (QED) is 0.519. The molecule has 4 rings (SSSR count). The molecule has 1 aromatic carbocycles. The van der Waals surface area contributed by atoms with Crippen molar-refractivity contribution in [2.24, 2.45) is 0 Å². The molecule has 2 atom stereocenters. The number of benzene rings is 1. The molecule has 0 unspecified atom stereocenters. The first-order valence-electron chi connectivity index (χ1n) is 11.4. The van der Waals surface area contributed by atoms with Crippen LogP contribution in [0, 0.1) is 0 Å². The number of aliphatic hydroxyl groups is 1. The van der Waals surface area contributed by atoms with Crippen molar-refractivity contribution < 1.29 is 24.1 Å². The predicted octanol–water partition coefficient (Wildman–Crippen LogP) is 4.32. The topological polar surface area (TPSA) is 80.3 Å². The zero-order valence-corrected chi connectivity index (χ0v) is 20.2. The van der Waals surface area contributed by atoms with Crippen LogP contribution in [0.15, 0.2) is 66.0 Å². The lowest BCUT2D eigenvalue weighted by molar-refractivity contribution is -0.124. The Kier molecular flexibility index (Phi) is 8.56. The summed E-state index contributed by atoms with van der Waals surface area (Å²) in [7, 11) is 0. The average Bonchev–Trinajstić information content (AvgIpc) is 3.38. The summed E-state index contributed by atoms with van der Waals surface area (Å²) in [6.45, 7) is 2.08. The van der Waals surface area contributed by atoms with Crippen LogP contribution in [0.1, 0.15) is 25.7 Å². The van der Waals surface area contributed by atoms with Crippen LogP contribution in [-0.2, 0) is 14.3 Å². The van der Waals surface area contributed by atoms with E-state index in [4.69, 9.17) is 37.4 Å². The molecule has 182 valence electrons. The first kappa shape index (κ1) is 24.7. The molecule has 1 fully saturated rings. The minimum Gasteiger partial charge on any atom is -0.484 e. The van der Waals surface area contributed by atoms with Crippen LogP contribution in [0.4, 0.5) is 0 Å². The molecule has 2 heterocycles. The van der Waals surface area contributed by atoms with Gasteiger partial charge < -0.3 is 29.5 Å². The Hall–Kier alpha value is -2.45. The summed E-state index contributed by atoms with van der Waals surface area (Å²) in [6, 6.07) is 4.18. The molecule has 0 aromatic heterocycles. The van der Waals surface area contributed by atoms with Crippen molar-refractivity contribution >= 4 is 29.1 Å². The van der Waals surface area contributed by atoms with Crippen LogP contribution in [0.5, 0.6) is 5.75 Å². The number of halogens is 2. The zero-order chi connectivity index (χ0) is 23.9. The summed E-state index contributed by atoms with van der Waals surface area (Å²) in [4.78, 5) is 14.9. The highest BCUT2D eigenvalue weighted by Gasteiger charge is 2.31. The Morgan fingerprint density at radius 1 is 1.21 bits per heavy atom. The third-order valence-corrected chi connectivity index (χ3v) is 6.59. The number of nitrogens with zero attached hydrogens (tertiary/aromatic N) is 1. The average molecular weight is 507 g/mol. The Morgan fingerprint density at radius 3 is 2.76 bits per heavy atom. The van der Waals surface area contributed by atoms with Gasteiger partial charge in [0.25, 0.3) is 5.91 Å². The molecule has 2 aliphatic heterocycles. The molecular weight excluding hydrogens is 479 g/mol. The number of likely N-dealkylation sites (tertiary alicyclic amines) is 1. The highest BCUT2D eigenvalue weighted by molar-refractivity contribution is 6.42. The van der Waals surface area contributed by atoms with Gasteiger partial charge in [0.05, 0.1) is 16.1 Å². The van der Waals surface area contributed by atoms with Crippen LogP contribution in [0.25, 0.3) is 0 Å². The first-order valence-corrected chi connectivity index (χ1v) is 12.1. The van der Waals surface area contributed by atoms with Crippen LogP contribution in [0.2, 0.25) is 10.0 Å². The summed E-state index contributed by atoms with van der Waals surface area (Å²) in [6.07, 6.45) is 11.8. The second-order valence-electron chi connectivity index (χ2n) is 8.39. The summed E-state index contributed by atoms with van der Waals surface area (Å²) in [5, 5.41) is 14.8. The van der Waals surface area contributed by atoms with Crippen molar-refractivity contribution in [2.45, 2.75) is 37.8 Å². The number of nitrogens with one attached hydrogen (secondary N) is 1. The summed E-state index contributed by atoms with van der Waals surface area (Å²) in [5.74, 6) is 0.873. The fourth-order valence-electron chi connectivity index (χ4n) is 4.05. The lowest BCUT2D eigenvalue weighted by Crippen LogP contribution is -2.52. The molecule has 9 heteroatoms. The Balaban J connectivity index is 1.39. The van der Waals surface area contributed by atoms with Gasteiger partial charge in [0, 0.05) is 12.6 Å². The first-order chi connectivity index (χ1) is 16.5. The van der Waals surface area contributed by atoms with E-state index in [9.17, 15) is 9.90 Å². The molecule has 34 heavy (non-hydrogen) atoms. The molecular formula is C25H28Cl2N2O5. The molecule has 1 saturated heterocycles. The van der Waals surface area contributed by atoms with E-state index in [2.05, 4.69) is 16.3 Å². The van der Waals surface area contributed by atoms with E-state index < -0.39 is 12.1 Å². The van der Waals surface area contributed by atoms with Crippen molar-refractivity contribution in [1.82, 2.24) is 10.2 Å². The van der Waals surface area contributed by atoms with Crippen molar-refractivity contribution in [1.29, 1.82) is 0 Å². The van der Waals surface area contributed by atoms with Crippen molar-refractivity contribution in [3.05, 3.63) is 76.1 Å². The molecule has 0 spiro atoms. The Labute approximate surface area is 209 Å². The molecule has 0 radical (unpaired) electrons. The van der Waals surface area contributed by atoms with Gasteiger partial charge in [0.15, 0.2) is 18.1 Å². The van der Waals surface area contributed by atoms with Crippen LogP contribution < -0.4 is 10.1 Å². The summed E-state index contributed by atoms with van der Waals surface area (Å²) in [5.41, 5.74) is 0.996. The normalized spacial score (nSPS) is 19.8. The van der Waals surface area contributed by atoms with Gasteiger partial charge in [-0.3, -0.25) is 4.79 Å². The van der Waals surface area contributed by atoms with E-state index in [-0.39, 0.29) is 18.3 Å². The monoisotopic (exact) mass is 506 g/mol. The molecule has 0 saturated carbocycles. The van der Waals surface area contributed by atoms with Crippen LogP contribution in [0.3, 0.4) is 0 Å². The second-order valence-corrected chi connectivity index (χ2v) is 9.20. The highest BCUT2D eigenvalue weighted by atomic mass is 35.5. The second kappa shape index (κ2) is 11.8.